The topological polar surface area (TPSA) is 42.2 Å². The highest BCUT2D eigenvalue weighted by Crippen LogP contribution is 2.49. The van der Waals surface area contributed by atoms with Crippen LogP contribution in [0.1, 0.15) is 31.7 Å². The minimum Gasteiger partial charge on any atom is -0.490 e. The van der Waals surface area contributed by atoms with Crippen molar-refractivity contribution in [2.45, 2.75) is 31.5 Å². The van der Waals surface area contributed by atoms with E-state index in [0.29, 0.717) is 19.6 Å². The van der Waals surface area contributed by atoms with Gasteiger partial charge in [-0.3, -0.25) is 0 Å². The first-order chi connectivity index (χ1) is 9.23. The van der Waals surface area contributed by atoms with Crippen LogP contribution in [0.3, 0.4) is 0 Å². The highest BCUT2D eigenvalue weighted by atomic mass is 79.9. The van der Waals surface area contributed by atoms with Crippen LogP contribution in [-0.2, 0) is 5.33 Å². The first kappa shape index (κ1) is 14.2. The molecule has 0 radical (unpaired) electrons. The Balaban J connectivity index is 2.05. The molecule has 0 atom stereocenters. The molecule has 1 saturated carbocycles. The predicted octanol–water partition coefficient (Wildman–Crippen LogP) is 4.05. The number of hydrogen-bond donors (Lipinski definition) is 0. The molecule has 3 nitrogen and oxygen atoms in total. The van der Waals surface area contributed by atoms with E-state index in [1.807, 2.05) is 25.1 Å². The van der Waals surface area contributed by atoms with Crippen molar-refractivity contribution >= 4 is 15.9 Å². The van der Waals surface area contributed by atoms with Gasteiger partial charge < -0.3 is 9.47 Å². The van der Waals surface area contributed by atoms with E-state index in [1.165, 1.54) is 0 Å². The quantitative estimate of drug-likeness (QED) is 0.711. The summed E-state index contributed by atoms with van der Waals surface area (Å²) in [5.74, 6) is 1.56. The molecule has 1 fully saturated rings. The average molecular weight is 324 g/mol. The fraction of sp³-hybridized carbons (Fsp3) is 0.533. The van der Waals surface area contributed by atoms with Gasteiger partial charge in [0.25, 0.3) is 0 Å². The zero-order chi connectivity index (χ0) is 13.7. The standard InChI is InChI=1S/C15H18BrNO2/c1-2-18-14-9-12(10-16)3-4-13(14)19-11-15(5-6-15)7-8-17/h3-4,9H,2,5-7,10-11H2,1H3. The molecule has 1 aromatic carbocycles. The smallest absolute Gasteiger partial charge is 0.161 e. The molecule has 2 rings (SSSR count). The van der Waals surface area contributed by atoms with E-state index in [-0.39, 0.29) is 5.41 Å². The van der Waals surface area contributed by atoms with Gasteiger partial charge in [-0.15, -0.1) is 0 Å². The molecule has 0 amide bonds. The Morgan fingerprint density at radius 2 is 2.11 bits per heavy atom. The largest absolute Gasteiger partial charge is 0.490 e. The summed E-state index contributed by atoms with van der Waals surface area (Å²) in [5, 5.41) is 9.61. The molecule has 19 heavy (non-hydrogen) atoms. The van der Waals surface area contributed by atoms with Gasteiger partial charge >= 0.3 is 0 Å². The maximum atomic E-state index is 8.81. The fourth-order valence-electron chi connectivity index (χ4n) is 1.97. The molecular formula is C15H18BrNO2. The SMILES string of the molecule is CCOc1cc(CBr)ccc1OCC1(CC#N)CC1. The lowest BCUT2D eigenvalue weighted by atomic mass is 10.1. The molecule has 0 heterocycles. The number of ether oxygens (including phenoxy) is 2. The zero-order valence-electron chi connectivity index (χ0n) is 11.1. The summed E-state index contributed by atoms with van der Waals surface area (Å²) in [5.41, 5.74) is 1.25. The number of nitriles is 1. The molecule has 0 aromatic heterocycles. The number of alkyl halides is 1. The Morgan fingerprint density at radius 1 is 1.32 bits per heavy atom. The lowest BCUT2D eigenvalue weighted by Gasteiger charge is -2.16. The summed E-state index contributed by atoms with van der Waals surface area (Å²) in [6.07, 6.45) is 2.75. The third kappa shape index (κ3) is 3.63. The first-order valence-electron chi connectivity index (χ1n) is 6.54. The molecule has 102 valence electrons. The van der Waals surface area contributed by atoms with Gasteiger partial charge in [-0.2, -0.15) is 5.26 Å². The van der Waals surface area contributed by atoms with Crippen molar-refractivity contribution < 1.29 is 9.47 Å². The molecule has 0 bridgehead atoms. The second-order valence-corrected chi connectivity index (χ2v) is 5.53. The monoisotopic (exact) mass is 323 g/mol. The molecule has 1 aliphatic carbocycles. The zero-order valence-corrected chi connectivity index (χ0v) is 12.7. The Bertz CT molecular complexity index is 478. The molecule has 0 saturated heterocycles. The van der Waals surface area contributed by atoms with Gasteiger partial charge in [-0.1, -0.05) is 22.0 Å². The van der Waals surface area contributed by atoms with E-state index < -0.39 is 0 Å². The molecule has 1 aromatic rings. The Labute approximate surface area is 122 Å². The van der Waals surface area contributed by atoms with Gasteiger partial charge in [0.15, 0.2) is 11.5 Å². The van der Waals surface area contributed by atoms with E-state index in [1.54, 1.807) is 0 Å². The van der Waals surface area contributed by atoms with E-state index in [2.05, 4.69) is 22.0 Å². The number of benzene rings is 1. The molecular weight excluding hydrogens is 306 g/mol. The maximum absolute atomic E-state index is 8.81. The number of halogens is 1. The van der Waals surface area contributed by atoms with Gasteiger partial charge in [0, 0.05) is 17.2 Å². The van der Waals surface area contributed by atoms with Crippen molar-refractivity contribution in [1.29, 1.82) is 5.26 Å². The van der Waals surface area contributed by atoms with Crippen LogP contribution < -0.4 is 9.47 Å². The Kier molecular flexibility index (Phi) is 4.71. The summed E-state index contributed by atoms with van der Waals surface area (Å²) < 4.78 is 11.5. The normalized spacial score (nSPS) is 15.6. The Hall–Kier alpha value is -1.21. The van der Waals surface area contributed by atoms with Gasteiger partial charge in [0.1, 0.15) is 0 Å². The summed E-state index contributed by atoms with van der Waals surface area (Å²) in [7, 11) is 0. The van der Waals surface area contributed by atoms with Crippen LogP contribution in [0.4, 0.5) is 0 Å². The molecule has 0 unspecified atom stereocenters. The van der Waals surface area contributed by atoms with Crippen LogP contribution in [0, 0.1) is 16.7 Å². The van der Waals surface area contributed by atoms with Crippen molar-refractivity contribution in [3.05, 3.63) is 23.8 Å². The summed E-state index contributed by atoms with van der Waals surface area (Å²) in [6.45, 7) is 3.18. The third-order valence-electron chi connectivity index (χ3n) is 3.41. The highest BCUT2D eigenvalue weighted by Gasteiger charge is 2.43. The van der Waals surface area contributed by atoms with Crippen LogP contribution in [0.2, 0.25) is 0 Å². The number of nitrogens with zero attached hydrogens (tertiary/aromatic N) is 1. The minimum absolute atomic E-state index is 0.0896. The van der Waals surface area contributed by atoms with Crippen molar-refractivity contribution in [3.63, 3.8) is 0 Å². The van der Waals surface area contributed by atoms with E-state index in [4.69, 9.17) is 14.7 Å². The van der Waals surface area contributed by atoms with Gasteiger partial charge in [-0.25, -0.2) is 0 Å². The lowest BCUT2D eigenvalue weighted by Crippen LogP contribution is -2.13. The molecule has 0 N–H and O–H groups in total. The van der Waals surface area contributed by atoms with Crippen molar-refractivity contribution in [2.24, 2.45) is 5.41 Å². The van der Waals surface area contributed by atoms with Gasteiger partial charge in [-0.05, 0) is 37.5 Å². The average Bonchev–Trinajstić information content (AvgIpc) is 3.18. The lowest BCUT2D eigenvalue weighted by molar-refractivity contribution is 0.222. The van der Waals surface area contributed by atoms with Crippen molar-refractivity contribution in [2.75, 3.05) is 13.2 Å². The van der Waals surface area contributed by atoms with Crippen LogP contribution in [0.15, 0.2) is 18.2 Å². The van der Waals surface area contributed by atoms with Crippen LogP contribution in [-0.4, -0.2) is 13.2 Å². The van der Waals surface area contributed by atoms with E-state index >= 15 is 0 Å². The summed E-state index contributed by atoms with van der Waals surface area (Å²) >= 11 is 3.44. The summed E-state index contributed by atoms with van der Waals surface area (Å²) in [4.78, 5) is 0. The molecule has 1 aliphatic rings. The maximum Gasteiger partial charge on any atom is 0.161 e. The van der Waals surface area contributed by atoms with Crippen LogP contribution in [0.25, 0.3) is 0 Å². The van der Waals surface area contributed by atoms with Crippen molar-refractivity contribution in [3.8, 4) is 17.6 Å². The third-order valence-corrected chi connectivity index (χ3v) is 4.05. The Morgan fingerprint density at radius 3 is 2.68 bits per heavy atom. The summed E-state index contributed by atoms with van der Waals surface area (Å²) in [6, 6.07) is 8.22. The second kappa shape index (κ2) is 6.29. The van der Waals surface area contributed by atoms with Crippen LogP contribution in [0.5, 0.6) is 11.5 Å². The fourth-order valence-corrected chi connectivity index (χ4v) is 2.32. The van der Waals surface area contributed by atoms with Crippen LogP contribution >= 0.6 is 15.9 Å². The first-order valence-corrected chi connectivity index (χ1v) is 7.66. The van der Waals surface area contributed by atoms with E-state index in [9.17, 15) is 0 Å². The number of rotatable bonds is 7. The van der Waals surface area contributed by atoms with E-state index in [0.717, 1.165) is 35.2 Å². The molecule has 4 heteroatoms. The minimum atomic E-state index is 0.0896. The van der Waals surface area contributed by atoms with Gasteiger partial charge in [0.05, 0.1) is 19.3 Å². The molecule has 0 aliphatic heterocycles. The van der Waals surface area contributed by atoms with Crippen molar-refractivity contribution in [1.82, 2.24) is 0 Å². The predicted molar refractivity (Wildman–Crippen MR) is 77.6 cm³/mol. The highest BCUT2D eigenvalue weighted by molar-refractivity contribution is 9.08. The second-order valence-electron chi connectivity index (χ2n) is 4.97. The molecule has 0 spiro atoms. The van der Waals surface area contributed by atoms with Gasteiger partial charge in [0.2, 0.25) is 0 Å². The number of hydrogen-bond acceptors (Lipinski definition) is 3.